The summed E-state index contributed by atoms with van der Waals surface area (Å²) in [7, 11) is 1.64. The van der Waals surface area contributed by atoms with Crippen LogP contribution < -0.4 is 10.1 Å². The maximum Gasteiger partial charge on any atom is 0.252 e. The molecule has 1 aliphatic rings. The van der Waals surface area contributed by atoms with E-state index in [2.05, 4.69) is 17.2 Å². The number of carbonyl (C=O) groups is 1. The maximum absolute atomic E-state index is 12.1. The average Bonchev–Trinajstić information content (AvgIpc) is 3.08. The van der Waals surface area contributed by atoms with E-state index in [-0.39, 0.29) is 18.6 Å². The summed E-state index contributed by atoms with van der Waals surface area (Å²) in [5, 5.41) is 5.31. The molecule has 6 heteroatoms. The van der Waals surface area contributed by atoms with E-state index in [1.54, 1.807) is 7.11 Å². The Labute approximate surface area is 152 Å². The molecule has 1 aliphatic carbocycles. The van der Waals surface area contributed by atoms with Gasteiger partial charge in [-0.15, -0.1) is 11.3 Å². The van der Waals surface area contributed by atoms with Gasteiger partial charge in [-0.25, -0.2) is 4.98 Å². The van der Waals surface area contributed by atoms with Gasteiger partial charge in [0, 0.05) is 10.9 Å². The summed E-state index contributed by atoms with van der Waals surface area (Å²) in [5.41, 5.74) is 1.70. The molecule has 2 atom stereocenters. The van der Waals surface area contributed by atoms with Crippen LogP contribution in [0.25, 0.3) is 11.3 Å². The van der Waals surface area contributed by atoms with Gasteiger partial charge in [0.1, 0.15) is 12.4 Å². The van der Waals surface area contributed by atoms with E-state index in [1.165, 1.54) is 24.2 Å². The van der Waals surface area contributed by atoms with Crippen LogP contribution in [0, 0.1) is 5.92 Å². The summed E-state index contributed by atoms with van der Waals surface area (Å²) in [6, 6.07) is 7.70. The quantitative estimate of drug-likeness (QED) is 0.832. The molecule has 25 heavy (non-hydrogen) atoms. The van der Waals surface area contributed by atoms with Crippen molar-refractivity contribution in [1.82, 2.24) is 4.98 Å². The van der Waals surface area contributed by atoms with Crippen molar-refractivity contribution in [2.75, 3.05) is 19.0 Å². The van der Waals surface area contributed by atoms with E-state index >= 15 is 0 Å². The molecule has 0 radical (unpaired) electrons. The predicted molar refractivity (Wildman–Crippen MR) is 100 cm³/mol. The molecule has 5 nitrogen and oxygen atoms in total. The van der Waals surface area contributed by atoms with Crippen LogP contribution in [0.3, 0.4) is 0 Å². The largest absolute Gasteiger partial charge is 0.496 e. The highest BCUT2D eigenvalue weighted by Crippen LogP contribution is 2.32. The average molecular weight is 360 g/mol. The number of methoxy groups -OCH3 is 1. The summed E-state index contributed by atoms with van der Waals surface area (Å²) >= 11 is 1.40. The standard InChI is InChI=1S/C19H24N2O3S/c1-13-6-5-7-14(10-13)24-11-18(22)21-19-20-16(12-25-19)15-8-3-4-9-17(15)23-2/h3-4,8-9,12-14H,5-7,10-11H2,1-2H3,(H,20,21,22). The number of rotatable bonds is 6. The van der Waals surface area contributed by atoms with Gasteiger partial charge in [0.25, 0.3) is 5.91 Å². The minimum atomic E-state index is -0.154. The second-order valence-corrected chi connectivity index (χ2v) is 7.35. The zero-order chi connectivity index (χ0) is 17.6. The first-order valence-corrected chi connectivity index (χ1v) is 9.54. The highest BCUT2D eigenvalue weighted by atomic mass is 32.1. The van der Waals surface area contributed by atoms with Gasteiger partial charge in [-0.3, -0.25) is 10.1 Å². The van der Waals surface area contributed by atoms with Gasteiger partial charge >= 0.3 is 0 Å². The minimum Gasteiger partial charge on any atom is -0.496 e. The Kier molecular flexibility index (Phi) is 6.04. The lowest BCUT2D eigenvalue weighted by atomic mass is 9.89. The number of carbonyl (C=O) groups excluding carboxylic acids is 1. The molecule has 1 heterocycles. The molecule has 2 aromatic rings. The predicted octanol–water partition coefficient (Wildman–Crippen LogP) is 4.35. The molecule has 1 aromatic carbocycles. The Hall–Kier alpha value is -1.92. The number of hydrogen-bond acceptors (Lipinski definition) is 5. The van der Waals surface area contributed by atoms with Gasteiger partial charge < -0.3 is 9.47 Å². The van der Waals surface area contributed by atoms with Gasteiger partial charge in [0.05, 0.1) is 18.9 Å². The fourth-order valence-electron chi connectivity index (χ4n) is 3.19. The second-order valence-electron chi connectivity index (χ2n) is 6.49. The fourth-order valence-corrected chi connectivity index (χ4v) is 3.92. The number of thiazole rings is 1. The third kappa shape index (κ3) is 4.80. The molecule has 3 rings (SSSR count). The Bertz CT molecular complexity index is 716. The van der Waals surface area contributed by atoms with E-state index in [4.69, 9.17) is 9.47 Å². The molecule has 1 N–H and O–H groups in total. The summed E-state index contributed by atoms with van der Waals surface area (Å²) in [6.45, 7) is 2.32. The van der Waals surface area contributed by atoms with E-state index in [0.29, 0.717) is 11.0 Å². The van der Waals surface area contributed by atoms with Crippen molar-refractivity contribution in [1.29, 1.82) is 0 Å². The van der Waals surface area contributed by atoms with Crippen molar-refractivity contribution in [2.24, 2.45) is 5.92 Å². The van der Waals surface area contributed by atoms with Crippen molar-refractivity contribution in [2.45, 2.75) is 38.7 Å². The fraction of sp³-hybridized carbons (Fsp3) is 0.474. The molecular formula is C19H24N2O3S. The lowest BCUT2D eigenvalue weighted by Gasteiger charge is -2.26. The molecule has 0 spiro atoms. The third-order valence-electron chi connectivity index (χ3n) is 4.47. The molecule has 0 bridgehead atoms. The van der Waals surface area contributed by atoms with Crippen LogP contribution in [0.15, 0.2) is 29.6 Å². The summed E-state index contributed by atoms with van der Waals surface area (Å²) in [6.07, 6.45) is 4.74. The molecular weight excluding hydrogens is 336 g/mol. The smallest absolute Gasteiger partial charge is 0.252 e. The van der Waals surface area contributed by atoms with Crippen LogP contribution in [-0.2, 0) is 9.53 Å². The number of nitrogens with one attached hydrogen (secondary N) is 1. The van der Waals surface area contributed by atoms with Crippen molar-refractivity contribution in [3.63, 3.8) is 0 Å². The topological polar surface area (TPSA) is 60.5 Å². The first-order valence-electron chi connectivity index (χ1n) is 8.66. The van der Waals surface area contributed by atoms with Gasteiger partial charge in [-0.05, 0) is 30.9 Å². The number of anilines is 1. The Balaban J connectivity index is 1.55. The third-order valence-corrected chi connectivity index (χ3v) is 5.23. The highest BCUT2D eigenvalue weighted by Gasteiger charge is 2.20. The number of ether oxygens (including phenoxy) is 2. The van der Waals surface area contributed by atoms with Gasteiger partial charge in [-0.2, -0.15) is 0 Å². The number of hydrogen-bond donors (Lipinski definition) is 1. The van der Waals surface area contributed by atoms with Gasteiger partial charge in [0.15, 0.2) is 5.13 Å². The van der Waals surface area contributed by atoms with E-state index in [9.17, 15) is 4.79 Å². The molecule has 134 valence electrons. The van der Waals surface area contributed by atoms with E-state index in [0.717, 1.165) is 29.8 Å². The number of benzene rings is 1. The van der Waals surface area contributed by atoms with Crippen LogP contribution in [-0.4, -0.2) is 30.7 Å². The lowest BCUT2D eigenvalue weighted by Crippen LogP contribution is -2.26. The summed E-state index contributed by atoms with van der Waals surface area (Å²) < 4.78 is 11.1. The summed E-state index contributed by atoms with van der Waals surface area (Å²) in [5.74, 6) is 1.30. The van der Waals surface area contributed by atoms with E-state index in [1.807, 2.05) is 29.6 Å². The zero-order valence-corrected chi connectivity index (χ0v) is 15.5. The normalized spacial score (nSPS) is 20.2. The van der Waals surface area contributed by atoms with Crippen molar-refractivity contribution in [3.8, 4) is 17.0 Å². The van der Waals surface area contributed by atoms with Crippen LogP contribution in [0.4, 0.5) is 5.13 Å². The Morgan fingerprint density at radius 3 is 3.00 bits per heavy atom. The second kappa shape index (κ2) is 8.45. The van der Waals surface area contributed by atoms with Crippen LogP contribution >= 0.6 is 11.3 Å². The number of nitrogens with zero attached hydrogens (tertiary/aromatic N) is 1. The van der Waals surface area contributed by atoms with Gasteiger partial charge in [-0.1, -0.05) is 31.9 Å². The van der Waals surface area contributed by atoms with Crippen LogP contribution in [0.5, 0.6) is 5.75 Å². The molecule has 1 fully saturated rings. The number of amides is 1. The Morgan fingerprint density at radius 1 is 1.36 bits per heavy atom. The van der Waals surface area contributed by atoms with E-state index < -0.39 is 0 Å². The van der Waals surface area contributed by atoms with Crippen LogP contribution in [0.2, 0.25) is 0 Å². The highest BCUT2D eigenvalue weighted by molar-refractivity contribution is 7.14. The first-order chi connectivity index (χ1) is 12.2. The molecule has 2 unspecified atom stereocenters. The molecule has 1 amide bonds. The zero-order valence-electron chi connectivity index (χ0n) is 14.7. The molecule has 0 saturated heterocycles. The number of aromatic nitrogens is 1. The van der Waals surface area contributed by atoms with Crippen molar-refractivity contribution >= 4 is 22.4 Å². The van der Waals surface area contributed by atoms with Gasteiger partial charge in [0.2, 0.25) is 0 Å². The van der Waals surface area contributed by atoms with Crippen molar-refractivity contribution < 1.29 is 14.3 Å². The Morgan fingerprint density at radius 2 is 2.20 bits per heavy atom. The monoisotopic (exact) mass is 360 g/mol. The summed E-state index contributed by atoms with van der Waals surface area (Å²) in [4.78, 5) is 16.6. The lowest BCUT2D eigenvalue weighted by molar-refractivity contribution is -0.123. The molecule has 1 aromatic heterocycles. The minimum absolute atomic E-state index is 0.0843. The first kappa shape index (κ1) is 17.9. The molecule has 0 aliphatic heterocycles. The van der Waals surface area contributed by atoms with Crippen molar-refractivity contribution in [3.05, 3.63) is 29.6 Å². The molecule has 1 saturated carbocycles. The SMILES string of the molecule is COc1ccccc1-c1csc(NC(=O)COC2CCCC(C)C2)n1. The number of para-hydroxylation sites is 1. The van der Waals surface area contributed by atoms with Crippen LogP contribution in [0.1, 0.15) is 32.6 Å². The maximum atomic E-state index is 12.1.